The quantitative estimate of drug-likeness (QED) is 0.804. The first-order chi connectivity index (χ1) is 7.19. The van der Waals surface area contributed by atoms with E-state index in [0.29, 0.717) is 6.04 Å². The molecule has 1 aromatic rings. The summed E-state index contributed by atoms with van der Waals surface area (Å²) < 4.78 is 0. The molecule has 0 saturated carbocycles. The Morgan fingerprint density at radius 1 is 1.40 bits per heavy atom. The van der Waals surface area contributed by atoms with E-state index < -0.39 is 0 Å². The van der Waals surface area contributed by atoms with E-state index in [-0.39, 0.29) is 0 Å². The first kappa shape index (κ1) is 12.1. The van der Waals surface area contributed by atoms with Gasteiger partial charge in [-0.1, -0.05) is 0 Å². The van der Waals surface area contributed by atoms with Gasteiger partial charge in [-0.3, -0.25) is 0 Å². The second-order valence-corrected chi connectivity index (χ2v) is 4.36. The highest BCUT2D eigenvalue weighted by Gasteiger charge is 2.07. The summed E-state index contributed by atoms with van der Waals surface area (Å²) in [7, 11) is 1.87. The van der Waals surface area contributed by atoms with Crippen LogP contribution in [0.2, 0.25) is 0 Å². The number of nitrogens with zero attached hydrogens (tertiary/aromatic N) is 2. The van der Waals surface area contributed by atoms with Crippen LogP contribution in [0, 0.1) is 6.92 Å². The standard InChI is InChI=1S/C10H18N4S/c1-7(5-15-4)14-10-8(2)9(11-3)12-6-13-10/h6-7H,5H2,1-4H3,(H2,11,12,13,14). The van der Waals surface area contributed by atoms with E-state index in [4.69, 9.17) is 0 Å². The van der Waals surface area contributed by atoms with Crippen molar-refractivity contribution in [3.05, 3.63) is 11.9 Å². The van der Waals surface area contributed by atoms with Crippen LogP contribution in [-0.2, 0) is 0 Å². The topological polar surface area (TPSA) is 49.8 Å². The lowest BCUT2D eigenvalue weighted by molar-refractivity contribution is 0.895. The maximum Gasteiger partial charge on any atom is 0.134 e. The molecule has 0 radical (unpaired) electrons. The van der Waals surface area contributed by atoms with E-state index in [0.717, 1.165) is 23.0 Å². The van der Waals surface area contributed by atoms with E-state index >= 15 is 0 Å². The van der Waals surface area contributed by atoms with Crippen LogP contribution in [0.4, 0.5) is 11.6 Å². The predicted octanol–water partition coefficient (Wildman–Crippen LogP) is 1.99. The monoisotopic (exact) mass is 226 g/mol. The largest absolute Gasteiger partial charge is 0.373 e. The van der Waals surface area contributed by atoms with Crippen LogP contribution >= 0.6 is 11.8 Å². The fourth-order valence-electron chi connectivity index (χ4n) is 1.37. The number of nitrogens with one attached hydrogen (secondary N) is 2. The molecule has 0 aliphatic heterocycles. The summed E-state index contributed by atoms with van der Waals surface area (Å²) in [6, 6.07) is 0.415. The molecular weight excluding hydrogens is 208 g/mol. The highest BCUT2D eigenvalue weighted by atomic mass is 32.2. The summed E-state index contributed by atoms with van der Waals surface area (Å²) in [6.45, 7) is 4.16. The zero-order chi connectivity index (χ0) is 11.3. The fraction of sp³-hybridized carbons (Fsp3) is 0.600. The maximum absolute atomic E-state index is 4.24. The molecule has 5 heteroatoms. The number of aromatic nitrogens is 2. The second-order valence-electron chi connectivity index (χ2n) is 3.45. The minimum absolute atomic E-state index is 0.415. The summed E-state index contributed by atoms with van der Waals surface area (Å²) in [6.07, 6.45) is 3.68. The average molecular weight is 226 g/mol. The molecule has 1 aromatic heterocycles. The molecule has 0 saturated heterocycles. The lowest BCUT2D eigenvalue weighted by Crippen LogP contribution is -2.19. The Morgan fingerprint density at radius 2 is 2.07 bits per heavy atom. The molecule has 2 N–H and O–H groups in total. The average Bonchev–Trinajstić information content (AvgIpc) is 2.21. The van der Waals surface area contributed by atoms with Gasteiger partial charge < -0.3 is 10.6 Å². The van der Waals surface area contributed by atoms with Gasteiger partial charge in [-0.15, -0.1) is 0 Å². The van der Waals surface area contributed by atoms with Crippen molar-refractivity contribution in [2.45, 2.75) is 19.9 Å². The number of hydrogen-bond donors (Lipinski definition) is 2. The van der Waals surface area contributed by atoms with E-state index in [1.807, 2.05) is 25.7 Å². The number of thioether (sulfide) groups is 1. The molecule has 0 aliphatic carbocycles. The Labute approximate surface area is 95.3 Å². The summed E-state index contributed by atoms with van der Waals surface area (Å²) in [5.41, 5.74) is 1.06. The third-order valence-corrected chi connectivity index (χ3v) is 2.95. The van der Waals surface area contributed by atoms with Crippen LogP contribution < -0.4 is 10.6 Å². The molecule has 15 heavy (non-hydrogen) atoms. The van der Waals surface area contributed by atoms with Gasteiger partial charge in [-0.25, -0.2) is 9.97 Å². The fourth-order valence-corrected chi connectivity index (χ4v) is 1.96. The van der Waals surface area contributed by atoms with Crippen molar-refractivity contribution in [3.8, 4) is 0 Å². The predicted molar refractivity (Wildman–Crippen MR) is 67.8 cm³/mol. The molecule has 0 fully saturated rings. The molecule has 1 unspecified atom stereocenters. The first-order valence-corrected chi connectivity index (χ1v) is 6.33. The van der Waals surface area contributed by atoms with Gasteiger partial charge in [0.05, 0.1) is 0 Å². The smallest absolute Gasteiger partial charge is 0.134 e. The third-order valence-electron chi connectivity index (χ3n) is 2.12. The van der Waals surface area contributed by atoms with Crippen LogP contribution in [0.1, 0.15) is 12.5 Å². The first-order valence-electron chi connectivity index (χ1n) is 4.93. The normalized spacial score (nSPS) is 12.3. The van der Waals surface area contributed by atoms with Crippen molar-refractivity contribution in [2.75, 3.05) is 29.7 Å². The molecule has 1 heterocycles. The number of anilines is 2. The van der Waals surface area contributed by atoms with Gasteiger partial charge in [-0.05, 0) is 20.1 Å². The molecule has 0 aliphatic rings. The SMILES string of the molecule is CNc1ncnc(NC(C)CSC)c1C. The van der Waals surface area contributed by atoms with Gasteiger partial charge in [0.2, 0.25) is 0 Å². The van der Waals surface area contributed by atoms with Crippen molar-refractivity contribution >= 4 is 23.4 Å². The summed E-state index contributed by atoms with van der Waals surface area (Å²) in [5.74, 6) is 2.86. The van der Waals surface area contributed by atoms with Crippen molar-refractivity contribution < 1.29 is 0 Å². The van der Waals surface area contributed by atoms with E-state index in [1.54, 1.807) is 6.33 Å². The van der Waals surface area contributed by atoms with Crippen molar-refractivity contribution in [3.63, 3.8) is 0 Å². The Hall–Kier alpha value is -0.970. The minimum Gasteiger partial charge on any atom is -0.373 e. The van der Waals surface area contributed by atoms with Gasteiger partial charge in [0.15, 0.2) is 0 Å². The Bertz CT molecular complexity index is 316. The van der Waals surface area contributed by atoms with Crippen molar-refractivity contribution in [2.24, 2.45) is 0 Å². The van der Waals surface area contributed by atoms with Crippen LogP contribution in [0.25, 0.3) is 0 Å². The lowest BCUT2D eigenvalue weighted by Gasteiger charge is -2.15. The third kappa shape index (κ3) is 3.27. The maximum atomic E-state index is 4.24. The number of rotatable bonds is 5. The summed E-state index contributed by atoms with van der Waals surface area (Å²) in [5, 5.41) is 6.42. The van der Waals surface area contributed by atoms with Crippen LogP contribution in [-0.4, -0.2) is 35.1 Å². The molecule has 1 atom stereocenters. The minimum atomic E-state index is 0.415. The molecule has 0 bridgehead atoms. The van der Waals surface area contributed by atoms with Gasteiger partial charge >= 0.3 is 0 Å². The van der Waals surface area contributed by atoms with E-state index in [9.17, 15) is 0 Å². The van der Waals surface area contributed by atoms with Crippen molar-refractivity contribution in [1.82, 2.24) is 9.97 Å². The van der Waals surface area contributed by atoms with Gasteiger partial charge in [-0.2, -0.15) is 11.8 Å². The van der Waals surface area contributed by atoms with Crippen LogP contribution in [0.15, 0.2) is 6.33 Å². The van der Waals surface area contributed by atoms with E-state index in [2.05, 4.69) is 33.8 Å². The lowest BCUT2D eigenvalue weighted by atomic mass is 10.3. The zero-order valence-electron chi connectivity index (χ0n) is 9.66. The molecule has 84 valence electrons. The Kier molecular flexibility index (Phi) is 4.68. The molecule has 1 rings (SSSR count). The number of hydrogen-bond acceptors (Lipinski definition) is 5. The zero-order valence-corrected chi connectivity index (χ0v) is 10.5. The van der Waals surface area contributed by atoms with E-state index in [1.165, 1.54) is 0 Å². The van der Waals surface area contributed by atoms with Gasteiger partial charge in [0, 0.05) is 24.4 Å². The second kappa shape index (κ2) is 5.80. The molecule has 0 amide bonds. The highest BCUT2D eigenvalue weighted by molar-refractivity contribution is 7.98. The van der Waals surface area contributed by atoms with Crippen LogP contribution in [0.3, 0.4) is 0 Å². The van der Waals surface area contributed by atoms with Gasteiger partial charge in [0.1, 0.15) is 18.0 Å². The Morgan fingerprint density at radius 3 is 2.67 bits per heavy atom. The van der Waals surface area contributed by atoms with Gasteiger partial charge in [0.25, 0.3) is 0 Å². The molecule has 4 nitrogen and oxygen atoms in total. The Balaban J connectivity index is 2.76. The van der Waals surface area contributed by atoms with Crippen molar-refractivity contribution in [1.29, 1.82) is 0 Å². The summed E-state index contributed by atoms with van der Waals surface area (Å²) >= 11 is 1.82. The molecular formula is C10H18N4S. The summed E-state index contributed by atoms with van der Waals surface area (Å²) in [4.78, 5) is 8.38. The highest BCUT2D eigenvalue weighted by Crippen LogP contribution is 2.18. The molecule has 0 aromatic carbocycles. The van der Waals surface area contributed by atoms with Crippen LogP contribution in [0.5, 0.6) is 0 Å². The molecule has 0 spiro atoms.